The van der Waals surface area contributed by atoms with Crippen LogP contribution in [0.5, 0.6) is 0 Å². The number of ether oxygens (including phenoxy) is 2. The predicted octanol–water partition coefficient (Wildman–Crippen LogP) is 0.623. The molecular formula is C11H17N3O3. The molecule has 0 saturated carbocycles. The van der Waals surface area contributed by atoms with Gasteiger partial charge in [-0.2, -0.15) is 4.98 Å². The van der Waals surface area contributed by atoms with Crippen molar-refractivity contribution >= 4 is 0 Å². The first-order chi connectivity index (χ1) is 8.36. The summed E-state index contributed by atoms with van der Waals surface area (Å²) in [7, 11) is 1.73. The zero-order chi connectivity index (χ0) is 11.7. The first-order valence-electron chi connectivity index (χ1n) is 6.04. The molecule has 3 heterocycles. The van der Waals surface area contributed by atoms with Crippen LogP contribution in [-0.2, 0) is 9.47 Å². The highest BCUT2D eigenvalue weighted by Gasteiger charge is 2.31. The van der Waals surface area contributed by atoms with Gasteiger partial charge in [-0.3, -0.25) is 0 Å². The van der Waals surface area contributed by atoms with E-state index in [1.165, 1.54) is 0 Å². The van der Waals surface area contributed by atoms with E-state index >= 15 is 0 Å². The smallest absolute Gasteiger partial charge is 0.243 e. The van der Waals surface area contributed by atoms with Gasteiger partial charge in [0.1, 0.15) is 0 Å². The van der Waals surface area contributed by atoms with Crippen molar-refractivity contribution in [3.63, 3.8) is 0 Å². The van der Waals surface area contributed by atoms with Gasteiger partial charge in [0.2, 0.25) is 5.89 Å². The minimum absolute atomic E-state index is 0.128. The van der Waals surface area contributed by atoms with Gasteiger partial charge in [-0.1, -0.05) is 5.16 Å². The van der Waals surface area contributed by atoms with Crippen molar-refractivity contribution in [2.24, 2.45) is 0 Å². The van der Waals surface area contributed by atoms with Crippen LogP contribution in [0.2, 0.25) is 0 Å². The molecule has 2 aliphatic heterocycles. The van der Waals surface area contributed by atoms with E-state index in [1.54, 1.807) is 7.11 Å². The minimum atomic E-state index is 0.128. The molecule has 6 nitrogen and oxygen atoms in total. The van der Waals surface area contributed by atoms with E-state index in [9.17, 15) is 0 Å². The van der Waals surface area contributed by atoms with Crippen LogP contribution in [0.3, 0.4) is 0 Å². The lowest BCUT2D eigenvalue weighted by Gasteiger charge is -2.04. The number of methoxy groups -OCH3 is 1. The highest BCUT2D eigenvalue weighted by molar-refractivity contribution is 5.02. The zero-order valence-corrected chi connectivity index (χ0v) is 9.89. The van der Waals surface area contributed by atoms with Gasteiger partial charge < -0.3 is 19.3 Å². The molecule has 6 heteroatoms. The molecule has 0 spiro atoms. The topological polar surface area (TPSA) is 69.4 Å². The highest BCUT2D eigenvalue weighted by Crippen LogP contribution is 2.27. The van der Waals surface area contributed by atoms with Crippen molar-refractivity contribution in [2.75, 3.05) is 26.9 Å². The second-order valence-corrected chi connectivity index (χ2v) is 4.61. The highest BCUT2D eigenvalue weighted by atomic mass is 16.5. The van der Waals surface area contributed by atoms with E-state index in [0.717, 1.165) is 31.8 Å². The molecule has 1 aromatic heterocycles. The molecule has 17 heavy (non-hydrogen) atoms. The van der Waals surface area contributed by atoms with Gasteiger partial charge in [-0.15, -0.1) is 0 Å². The second-order valence-electron chi connectivity index (χ2n) is 4.61. The number of rotatable bonds is 3. The van der Waals surface area contributed by atoms with Crippen molar-refractivity contribution in [3.05, 3.63) is 11.7 Å². The Morgan fingerprint density at radius 2 is 2.41 bits per heavy atom. The summed E-state index contributed by atoms with van der Waals surface area (Å²) in [5.41, 5.74) is 0. The Balaban J connectivity index is 1.68. The molecule has 3 atom stereocenters. The summed E-state index contributed by atoms with van der Waals surface area (Å²) in [6.45, 7) is 2.34. The minimum Gasteiger partial charge on any atom is -0.381 e. The molecule has 0 radical (unpaired) electrons. The number of aromatic nitrogens is 2. The molecule has 0 aliphatic carbocycles. The molecule has 3 unspecified atom stereocenters. The molecule has 2 saturated heterocycles. The average molecular weight is 239 g/mol. The van der Waals surface area contributed by atoms with Crippen LogP contribution in [-0.4, -0.2) is 43.1 Å². The van der Waals surface area contributed by atoms with E-state index in [0.29, 0.717) is 18.4 Å². The van der Waals surface area contributed by atoms with E-state index in [-0.39, 0.29) is 12.1 Å². The standard InChI is InChI=1S/C11H17N3O3/c1-15-8-4-9(12-5-8)11-13-10(14-17-11)7-2-3-16-6-7/h7-9,12H,2-6H2,1H3. The summed E-state index contributed by atoms with van der Waals surface area (Å²) >= 11 is 0. The quantitative estimate of drug-likeness (QED) is 0.834. The molecule has 2 fully saturated rings. The van der Waals surface area contributed by atoms with Gasteiger partial charge in [-0.05, 0) is 12.8 Å². The van der Waals surface area contributed by atoms with Crippen molar-refractivity contribution in [1.82, 2.24) is 15.5 Å². The Morgan fingerprint density at radius 3 is 3.12 bits per heavy atom. The van der Waals surface area contributed by atoms with E-state index < -0.39 is 0 Å². The number of hydrogen-bond donors (Lipinski definition) is 1. The Bertz CT molecular complexity index is 376. The molecule has 2 aliphatic rings. The Morgan fingerprint density at radius 1 is 1.47 bits per heavy atom. The first-order valence-corrected chi connectivity index (χ1v) is 6.04. The maximum absolute atomic E-state index is 5.32. The van der Waals surface area contributed by atoms with E-state index in [1.807, 2.05) is 0 Å². The molecule has 94 valence electrons. The largest absolute Gasteiger partial charge is 0.381 e. The monoisotopic (exact) mass is 239 g/mol. The fourth-order valence-corrected chi connectivity index (χ4v) is 2.36. The van der Waals surface area contributed by atoms with Crippen LogP contribution in [0, 0.1) is 0 Å². The summed E-state index contributed by atoms with van der Waals surface area (Å²) in [6.07, 6.45) is 2.11. The fraction of sp³-hybridized carbons (Fsp3) is 0.818. The third-order valence-electron chi connectivity index (χ3n) is 3.47. The van der Waals surface area contributed by atoms with Gasteiger partial charge in [-0.25, -0.2) is 0 Å². The van der Waals surface area contributed by atoms with Crippen molar-refractivity contribution in [3.8, 4) is 0 Å². The maximum Gasteiger partial charge on any atom is 0.243 e. The molecule has 0 amide bonds. The van der Waals surface area contributed by atoms with Gasteiger partial charge in [0, 0.05) is 26.2 Å². The van der Waals surface area contributed by atoms with Crippen LogP contribution in [0.4, 0.5) is 0 Å². The van der Waals surface area contributed by atoms with Crippen LogP contribution < -0.4 is 5.32 Å². The normalized spacial score (nSPS) is 33.4. The molecule has 1 aromatic rings. The van der Waals surface area contributed by atoms with E-state index in [4.69, 9.17) is 14.0 Å². The van der Waals surface area contributed by atoms with Crippen LogP contribution >= 0.6 is 0 Å². The fourth-order valence-electron chi connectivity index (χ4n) is 2.36. The summed E-state index contributed by atoms with van der Waals surface area (Å²) in [4.78, 5) is 4.47. The second kappa shape index (κ2) is 4.72. The number of nitrogens with zero attached hydrogens (tertiary/aromatic N) is 2. The van der Waals surface area contributed by atoms with Crippen LogP contribution in [0.25, 0.3) is 0 Å². The maximum atomic E-state index is 5.32. The Hall–Kier alpha value is -0.980. The lowest BCUT2D eigenvalue weighted by Crippen LogP contribution is -2.16. The summed E-state index contributed by atoms with van der Waals surface area (Å²) in [6, 6.07) is 0.128. The molecule has 3 rings (SSSR count). The summed E-state index contributed by atoms with van der Waals surface area (Å²) < 4.78 is 15.9. The van der Waals surface area contributed by atoms with Crippen LogP contribution in [0.15, 0.2) is 4.52 Å². The van der Waals surface area contributed by atoms with Crippen LogP contribution in [0.1, 0.15) is 36.5 Å². The average Bonchev–Trinajstić information content (AvgIpc) is 3.09. The Kier molecular flexibility index (Phi) is 3.09. The number of hydrogen-bond acceptors (Lipinski definition) is 6. The molecular weight excluding hydrogens is 222 g/mol. The molecule has 0 bridgehead atoms. The van der Waals surface area contributed by atoms with E-state index in [2.05, 4.69) is 15.5 Å². The predicted molar refractivity (Wildman–Crippen MR) is 58.6 cm³/mol. The first kappa shape index (κ1) is 11.1. The molecule has 1 N–H and O–H groups in total. The lowest BCUT2D eigenvalue weighted by atomic mass is 10.1. The van der Waals surface area contributed by atoms with Crippen molar-refractivity contribution in [1.29, 1.82) is 0 Å². The summed E-state index contributed by atoms with van der Waals surface area (Å²) in [5.74, 6) is 1.75. The van der Waals surface area contributed by atoms with Gasteiger partial charge >= 0.3 is 0 Å². The van der Waals surface area contributed by atoms with Crippen molar-refractivity contribution in [2.45, 2.75) is 30.9 Å². The third-order valence-corrected chi connectivity index (χ3v) is 3.47. The van der Waals surface area contributed by atoms with Gasteiger partial charge in [0.05, 0.1) is 18.8 Å². The zero-order valence-electron chi connectivity index (χ0n) is 9.89. The molecule has 0 aromatic carbocycles. The lowest BCUT2D eigenvalue weighted by molar-refractivity contribution is 0.116. The SMILES string of the molecule is COC1CNC(c2nc(C3CCOC3)no2)C1. The third kappa shape index (κ3) is 2.20. The van der Waals surface area contributed by atoms with Gasteiger partial charge in [0.15, 0.2) is 5.82 Å². The Labute approximate surface area is 99.7 Å². The number of nitrogens with one attached hydrogen (secondary N) is 1. The van der Waals surface area contributed by atoms with Crippen molar-refractivity contribution < 1.29 is 14.0 Å². The summed E-state index contributed by atoms with van der Waals surface area (Å²) in [5, 5.41) is 7.37. The van der Waals surface area contributed by atoms with Gasteiger partial charge in [0.25, 0.3) is 0 Å².